The minimum Gasteiger partial charge on any atom is -0.397 e. The van der Waals surface area contributed by atoms with E-state index in [1.807, 2.05) is 0 Å². The van der Waals surface area contributed by atoms with Crippen molar-refractivity contribution in [2.75, 3.05) is 5.73 Å². The Kier molecular flexibility index (Phi) is 2.10. The van der Waals surface area contributed by atoms with E-state index in [4.69, 9.17) is 5.73 Å². The van der Waals surface area contributed by atoms with E-state index in [1.54, 1.807) is 18.3 Å². The first-order chi connectivity index (χ1) is 6.77. The van der Waals surface area contributed by atoms with Crippen LogP contribution in [0.15, 0.2) is 36.8 Å². The second-order valence-electron chi connectivity index (χ2n) is 2.83. The number of hydrogen-bond donors (Lipinski definition) is 1. The van der Waals surface area contributed by atoms with Gasteiger partial charge in [-0.05, 0) is 18.2 Å². The van der Waals surface area contributed by atoms with E-state index in [1.165, 1.54) is 12.3 Å². The van der Waals surface area contributed by atoms with Gasteiger partial charge in [0.1, 0.15) is 5.82 Å². The standard InChI is InChI=1S/C10H8FN3/c11-8-4-7(5-13-6-8)10-9(12)2-1-3-14-10/h1-6H,12H2. The van der Waals surface area contributed by atoms with Crippen molar-refractivity contribution in [3.63, 3.8) is 0 Å². The van der Waals surface area contributed by atoms with Gasteiger partial charge < -0.3 is 5.73 Å². The predicted octanol–water partition coefficient (Wildman–Crippen LogP) is 1.86. The van der Waals surface area contributed by atoms with Crippen LogP contribution in [0.5, 0.6) is 0 Å². The quantitative estimate of drug-likeness (QED) is 0.744. The van der Waals surface area contributed by atoms with Crippen molar-refractivity contribution in [2.45, 2.75) is 0 Å². The Balaban J connectivity index is 2.55. The zero-order chi connectivity index (χ0) is 9.97. The van der Waals surface area contributed by atoms with E-state index in [2.05, 4.69) is 9.97 Å². The fourth-order valence-electron chi connectivity index (χ4n) is 1.20. The predicted molar refractivity (Wildman–Crippen MR) is 51.8 cm³/mol. The molecule has 2 aromatic heterocycles. The maximum atomic E-state index is 12.9. The van der Waals surface area contributed by atoms with E-state index in [-0.39, 0.29) is 0 Å². The second kappa shape index (κ2) is 3.41. The molecule has 0 saturated carbocycles. The summed E-state index contributed by atoms with van der Waals surface area (Å²) in [6.45, 7) is 0. The van der Waals surface area contributed by atoms with Crippen molar-refractivity contribution in [1.82, 2.24) is 9.97 Å². The van der Waals surface area contributed by atoms with Gasteiger partial charge in [0.2, 0.25) is 0 Å². The molecular formula is C10H8FN3. The fourth-order valence-corrected chi connectivity index (χ4v) is 1.20. The van der Waals surface area contributed by atoms with Crippen LogP contribution in [0, 0.1) is 5.82 Å². The number of nitrogens with two attached hydrogens (primary N) is 1. The third-order valence-electron chi connectivity index (χ3n) is 1.82. The number of nitrogen functional groups attached to an aromatic ring is 1. The SMILES string of the molecule is Nc1cccnc1-c1cncc(F)c1. The summed E-state index contributed by atoms with van der Waals surface area (Å²) in [5.74, 6) is -0.396. The molecule has 0 aromatic carbocycles. The highest BCUT2D eigenvalue weighted by molar-refractivity contribution is 5.71. The number of halogens is 1. The molecule has 14 heavy (non-hydrogen) atoms. The normalized spacial score (nSPS) is 10.1. The monoisotopic (exact) mass is 189 g/mol. The first kappa shape index (κ1) is 8.62. The number of anilines is 1. The van der Waals surface area contributed by atoms with Crippen LogP contribution in [0.4, 0.5) is 10.1 Å². The maximum absolute atomic E-state index is 12.9. The number of pyridine rings is 2. The molecule has 0 aliphatic rings. The van der Waals surface area contributed by atoms with Crippen LogP contribution in [-0.4, -0.2) is 9.97 Å². The van der Waals surface area contributed by atoms with Crippen molar-refractivity contribution < 1.29 is 4.39 Å². The molecule has 0 amide bonds. The summed E-state index contributed by atoms with van der Waals surface area (Å²) in [4.78, 5) is 7.79. The van der Waals surface area contributed by atoms with Gasteiger partial charge in [0.05, 0.1) is 17.6 Å². The van der Waals surface area contributed by atoms with Gasteiger partial charge >= 0.3 is 0 Å². The molecule has 0 aliphatic carbocycles. The first-order valence-corrected chi connectivity index (χ1v) is 4.09. The lowest BCUT2D eigenvalue weighted by molar-refractivity contribution is 0.622. The molecule has 0 unspecified atom stereocenters. The highest BCUT2D eigenvalue weighted by Gasteiger charge is 2.04. The summed E-state index contributed by atoms with van der Waals surface area (Å²) in [6.07, 6.45) is 4.28. The molecule has 4 heteroatoms. The van der Waals surface area contributed by atoms with Crippen LogP contribution in [0.25, 0.3) is 11.3 Å². The van der Waals surface area contributed by atoms with E-state index in [0.29, 0.717) is 16.9 Å². The molecule has 0 saturated heterocycles. The Hall–Kier alpha value is -1.97. The lowest BCUT2D eigenvalue weighted by Gasteiger charge is -2.02. The number of rotatable bonds is 1. The van der Waals surface area contributed by atoms with E-state index in [0.717, 1.165) is 6.20 Å². The summed E-state index contributed by atoms with van der Waals surface area (Å²) >= 11 is 0. The molecule has 2 aromatic rings. The van der Waals surface area contributed by atoms with Crippen molar-refractivity contribution in [2.24, 2.45) is 0 Å². The zero-order valence-corrected chi connectivity index (χ0v) is 7.31. The Morgan fingerprint density at radius 3 is 2.86 bits per heavy atom. The molecule has 3 nitrogen and oxygen atoms in total. The number of hydrogen-bond acceptors (Lipinski definition) is 3. The third-order valence-corrected chi connectivity index (χ3v) is 1.82. The number of aromatic nitrogens is 2. The molecule has 0 bridgehead atoms. The van der Waals surface area contributed by atoms with E-state index in [9.17, 15) is 4.39 Å². The largest absolute Gasteiger partial charge is 0.397 e. The molecule has 0 atom stereocenters. The molecule has 2 rings (SSSR count). The van der Waals surface area contributed by atoms with Gasteiger partial charge in [0.15, 0.2) is 0 Å². The van der Waals surface area contributed by atoms with Crippen LogP contribution in [0.2, 0.25) is 0 Å². The summed E-state index contributed by atoms with van der Waals surface area (Å²) in [5, 5.41) is 0. The van der Waals surface area contributed by atoms with Crippen LogP contribution in [-0.2, 0) is 0 Å². The van der Waals surface area contributed by atoms with Crippen LogP contribution in [0.1, 0.15) is 0 Å². The van der Waals surface area contributed by atoms with Crippen LogP contribution < -0.4 is 5.73 Å². The summed E-state index contributed by atoms with van der Waals surface area (Å²) in [5.41, 5.74) is 7.35. The van der Waals surface area contributed by atoms with Gasteiger partial charge in [0, 0.05) is 18.0 Å². The Morgan fingerprint density at radius 2 is 2.14 bits per heavy atom. The zero-order valence-electron chi connectivity index (χ0n) is 7.31. The maximum Gasteiger partial charge on any atom is 0.142 e. The lowest BCUT2D eigenvalue weighted by atomic mass is 10.1. The van der Waals surface area contributed by atoms with Gasteiger partial charge in [-0.2, -0.15) is 0 Å². The fraction of sp³-hybridized carbons (Fsp3) is 0. The van der Waals surface area contributed by atoms with Crippen molar-refractivity contribution in [3.8, 4) is 11.3 Å². The average Bonchev–Trinajstić information content (AvgIpc) is 2.18. The molecule has 2 heterocycles. The Labute approximate surface area is 80.4 Å². The van der Waals surface area contributed by atoms with Crippen molar-refractivity contribution in [1.29, 1.82) is 0 Å². The first-order valence-electron chi connectivity index (χ1n) is 4.09. The Bertz CT molecular complexity index is 457. The minimum atomic E-state index is -0.396. The third kappa shape index (κ3) is 1.54. The molecule has 70 valence electrons. The molecule has 0 spiro atoms. The molecule has 2 N–H and O–H groups in total. The molecular weight excluding hydrogens is 181 g/mol. The van der Waals surface area contributed by atoms with Gasteiger partial charge in [-0.25, -0.2) is 4.39 Å². The minimum absolute atomic E-state index is 0.396. The van der Waals surface area contributed by atoms with E-state index >= 15 is 0 Å². The van der Waals surface area contributed by atoms with Gasteiger partial charge in [-0.3, -0.25) is 9.97 Å². The van der Waals surface area contributed by atoms with Crippen LogP contribution >= 0.6 is 0 Å². The summed E-state index contributed by atoms with van der Waals surface area (Å²) < 4.78 is 12.9. The second-order valence-corrected chi connectivity index (χ2v) is 2.83. The highest BCUT2D eigenvalue weighted by atomic mass is 19.1. The van der Waals surface area contributed by atoms with Gasteiger partial charge in [-0.1, -0.05) is 0 Å². The Morgan fingerprint density at radius 1 is 1.29 bits per heavy atom. The van der Waals surface area contributed by atoms with Crippen LogP contribution in [0.3, 0.4) is 0 Å². The average molecular weight is 189 g/mol. The topological polar surface area (TPSA) is 51.8 Å². The van der Waals surface area contributed by atoms with Crippen molar-refractivity contribution >= 4 is 5.69 Å². The molecule has 0 fully saturated rings. The van der Waals surface area contributed by atoms with Crippen molar-refractivity contribution in [3.05, 3.63) is 42.6 Å². The number of nitrogens with zero attached hydrogens (tertiary/aromatic N) is 2. The molecule has 0 radical (unpaired) electrons. The lowest BCUT2D eigenvalue weighted by Crippen LogP contribution is -1.93. The van der Waals surface area contributed by atoms with E-state index < -0.39 is 5.82 Å². The summed E-state index contributed by atoms with van der Waals surface area (Å²) in [6, 6.07) is 4.80. The summed E-state index contributed by atoms with van der Waals surface area (Å²) in [7, 11) is 0. The van der Waals surface area contributed by atoms with Gasteiger partial charge in [0.25, 0.3) is 0 Å². The smallest absolute Gasteiger partial charge is 0.142 e. The van der Waals surface area contributed by atoms with Gasteiger partial charge in [-0.15, -0.1) is 0 Å². The highest BCUT2D eigenvalue weighted by Crippen LogP contribution is 2.21. The molecule has 0 aliphatic heterocycles.